The minimum atomic E-state index is -0.523. The fourth-order valence-corrected chi connectivity index (χ4v) is 4.04. The topological polar surface area (TPSA) is 181 Å². The number of halogens is 1. The highest BCUT2D eigenvalue weighted by molar-refractivity contribution is 9.09. The Balaban J connectivity index is 0.000000186. The number of Topliss-reactive ketones (excluding diaryl/α,β-unsaturated/α-hetero) is 1. The molecule has 0 amide bonds. The first-order valence-electron chi connectivity index (χ1n) is 13.7. The molecular formula is C32H32BrN5O7. The first-order chi connectivity index (χ1) is 21.4. The molecule has 0 aliphatic heterocycles. The van der Waals surface area contributed by atoms with Crippen molar-refractivity contribution in [2.24, 2.45) is 0 Å². The van der Waals surface area contributed by atoms with Gasteiger partial charge in [-0.05, 0) is 12.1 Å². The number of carbonyl (C=O) groups excluding carboxylic acids is 1. The monoisotopic (exact) mass is 677 g/mol. The zero-order valence-corrected chi connectivity index (χ0v) is 26.6. The van der Waals surface area contributed by atoms with E-state index in [0.29, 0.717) is 28.6 Å². The number of alkyl halides is 1. The molecule has 0 aliphatic carbocycles. The number of rotatable bonds is 8. The summed E-state index contributed by atoms with van der Waals surface area (Å²) in [7, 11) is 0. The van der Waals surface area contributed by atoms with Gasteiger partial charge in [0.05, 0.1) is 15.2 Å². The quantitative estimate of drug-likeness (QED) is 0.0548. The molecule has 0 saturated carbocycles. The van der Waals surface area contributed by atoms with Gasteiger partial charge in [0.25, 0.3) is 11.4 Å². The molecule has 2 aromatic heterocycles. The average Bonchev–Trinajstić information content (AvgIpc) is 3.73. The van der Waals surface area contributed by atoms with Crippen LogP contribution in [-0.4, -0.2) is 30.9 Å². The van der Waals surface area contributed by atoms with Gasteiger partial charge in [0.2, 0.25) is 0 Å². The van der Waals surface area contributed by atoms with Crippen LogP contribution in [0, 0.1) is 20.2 Å². The van der Waals surface area contributed by atoms with Crippen LogP contribution < -0.4 is 5.73 Å². The summed E-state index contributed by atoms with van der Waals surface area (Å²) in [5.41, 5.74) is 9.93. The Hall–Kier alpha value is -5.17. The second kappa shape index (κ2) is 16.1. The average molecular weight is 679 g/mol. The molecule has 0 fully saturated rings. The van der Waals surface area contributed by atoms with E-state index in [9.17, 15) is 25.0 Å². The lowest BCUT2D eigenvalue weighted by Gasteiger charge is -1.97. The number of nitrogen functional groups attached to an aromatic ring is 1. The van der Waals surface area contributed by atoms with E-state index in [0.717, 1.165) is 22.8 Å². The molecule has 2 N–H and O–H groups in total. The summed E-state index contributed by atoms with van der Waals surface area (Å²) in [4.78, 5) is 39.9. The molecular weight excluding hydrogens is 646 g/mol. The number of non-ortho nitro benzene ring substituents is 2. The van der Waals surface area contributed by atoms with Crippen LogP contribution in [0.2, 0.25) is 0 Å². The van der Waals surface area contributed by atoms with E-state index in [1.807, 2.05) is 38.1 Å². The maximum absolute atomic E-state index is 11.1. The third-order valence-electron chi connectivity index (χ3n) is 6.07. The fourth-order valence-electron chi connectivity index (χ4n) is 3.72. The summed E-state index contributed by atoms with van der Waals surface area (Å²) >= 11 is 2.99. The number of hydrogen-bond donors (Lipinski definition) is 1. The number of nitrogens with zero attached hydrogens (tertiary/aromatic N) is 4. The molecule has 0 atom stereocenters. The van der Waals surface area contributed by atoms with Crippen molar-refractivity contribution in [3.63, 3.8) is 0 Å². The predicted octanol–water partition coefficient (Wildman–Crippen LogP) is 8.59. The Labute approximate surface area is 267 Å². The molecule has 5 aromatic rings. The smallest absolute Gasteiger partial charge is 0.270 e. The third-order valence-corrected chi connectivity index (χ3v) is 6.58. The molecule has 45 heavy (non-hydrogen) atoms. The number of anilines is 1. The molecule has 5 rings (SSSR count). The van der Waals surface area contributed by atoms with Crippen molar-refractivity contribution in [2.75, 3.05) is 11.1 Å². The summed E-state index contributed by atoms with van der Waals surface area (Å²) in [5.74, 6) is 1.73. The Bertz CT molecular complexity index is 1760. The van der Waals surface area contributed by atoms with Gasteiger partial charge in [-0.3, -0.25) is 25.0 Å². The summed E-state index contributed by atoms with van der Waals surface area (Å²) in [6.07, 6.45) is 3.19. The third kappa shape index (κ3) is 9.93. The van der Waals surface area contributed by atoms with E-state index in [2.05, 4.69) is 39.7 Å². The van der Waals surface area contributed by atoms with Gasteiger partial charge in [-0.1, -0.05) is 80.0 Å². The second-order valence-corrected chi connectivity index (χ2v) is 10.8. The summed E-state index contributed by atoms with van der Waals surface area (Å²) in [5, 5.41) is 21.2. The van der Waals surface area contributed by atoms with Crippen LogP contribution in [0.1, 0.15) is 61.7 Å². The normalized spacial score (nSPS) is 10.5. The zero-order valence-electron chi connectivity index (χ0n) is 25.0. The Morgan fingerprint density at radius 1 is 0.778 bits per heavy atom. The molecule has 13 heteroatoms. The van der Waals surface area contributed by atoms with Gasteiger partial charge in [-0.15, -0.1) is 0 Å². The van der Waals surface area contributed by atoms with Gasteiger partial charge in [-0.25, -0.2) is 9.97 Å². The van der Waals surface area contributed by atoms with Crippen LogP contribution in [-0.2, 0) is 0 Å². The van der Waals surface area contributed by atoms with Crippen molar-refractivity contribution in [2.45, 2.75) is 39.5 Å². The Morgan fingerprint density at radius 2 is 1.24 bits per heavy atom. The van der Waals surface area contributed by atoms with E-state index < -0.39 is 9.85 Å². The van der Waals surface area contributed by atoms with Gasteiger partial charge < -0.3 is 14.6 Å². The van der Waals surface area contributed by atoms with Crippen LogP contribution in [0.5, 0.6) is 0 Å². The lowest BCUT2D eigenvalue weighted by atomic mass is 10.1. The van der Waals surface area contributed by atoms with Crippen LogP contribution in [0.15, 0.2) is 94.2 Å². The van der Waals surface area contributed by atoms with Crippen molar-refractivity contribution in [1.29, 1.82) is 0 Å². The molecule has 3 aromatic carbocycles. The predicted molar refractivity (Wildman–Crippen MR) is 174 cm³/mol. The molecule has 12 nitrogen and oxygen atoms in total. The molecule has 0 bridgehead atoms. The van der Waals surface area contributed by atoms with E-state index in [-0.39, 0.29) is 28.4 Å². The van der Waals surface area contributed by atoms with Gasteiger partial charge >= 0.3 is 0 Å². The summed E-state index contributed by atoms with van der Waals surface area (Å²) < 4.78 is 10.7. The van der Waals surface area contributed by atoms with Crippen LogP contribution in [0.25, 0.3) is 22.5 Å². The van der Waals surface area contributed by atoms with Gasteiger partial charge in [0, 0.05) is 58.5 Å². The number of nitro benzene ring substituents is 2. The van der Waals surface area contributed by atoms with Crippen molar-refractivity contribution >= 4 is 38.8 Å². The number of hydrogen-bond acceptors (Lipinski definition) is 10. The number of ketones is 1. The number of aromatic nitrogens is 2. The largest absolute Gasteiger partial charge is 0.448 e. The number of nitrogens with two attached hydrogens (primary N) is 1. The molecule has 0 spiro atoms. The Morgan fingerprint density at radius 3 is 1.69 bits per heavy atom. The zero-order chi connectivity index (χ0) is 33.1. The van der Waals surface area contributed by atoms with Crippen LogP contribution in [0.4, 0.5) is 17.1 Å². The van der Waals surface area contributed by atoms with Crippen molar-refractivity contribution in [3.05, 3.63) is 123 Å². The SMILES string of the molecule is CC(C)c1nc(-c2cccc(N)c2)co1.CC(C)c1nc(-c2cccc([N+](=O)[O-])c2)co1.O=C(CBr)c1cccc([N+](=O)[O-])c1. The van der Waals surface area contributed by atoms with Crippen LogP contribution in [0.3, 0.4) is 0 Å². The highest BCUT2D eigenvalue weighted by Gasteiger charge is 2.13. The number of carbonyl (C=O) groups is 1. The van der Waals surface area contributed by atoms with E-state index in [4.69, 9.17) is 14.6 Å². The molecule has 0 saturated heterocycles. The van der Waals surface area contributed by atoms with Crippen molar-refractivity contribution in [1.82, 2.24) is 9.97 Å². The molecule has 2 heterocycles. The highest BCUT2D eigenvalue weighted by atomic mass is 79.9. The van der Waals surface area contributed by atoms with Crippen molar-refractivity contribution < 1.29 is 23.5 Å². The lowest BCUT2D eigenvalue weighted by Crippen LogP contribution is -2.00. The standard InChI is InChI=1S/C12H12N2O3.C12H14N2O.C8H6BrNO3/c1-8(2)12-13-11(7-17-12)9-4-3-5-10(6-9)14(15)16;1-8(2)12-14-11(7-15-12)9-4-3-5-10(13)6-9;9-5-8(11)6-2-1-3-7(4-6)10(12)13/h3-8H,1-2H3;3-8H,13H2,1-2H3;1-4H,5H2. The minimum absolute atomic E-state index is 0.0524. The molecule has 0 unspecified atom stereocenters. The maximum Gasteiger partial charge on any atom is 0.270 e. The molecule has 234 valence electrons. The number of nitro groups is 2. The fraction of sp³-hybridized carbons (Fsp3) is 0.219. The van der Waals surface area contributed by atoms with Crippen molar-refractivity contribution in [3.8, 4) is 22.5 Å². The van der Waals surface area contributed by atoms with E-state index in [1.54, 1.807) is 24.5 Å². The summed E-state index contributed by atoms with van der Waals surface area (Å²) in [6.45, 7) is 8.05. The number of oxazole rings is 2. The van der Waals surface area contributed by atoms with Gasteiger partial charge in [0.1, 0.15) is 23.9 Å². The van der Waals surface area contributed by atoms with E-state index >= 15 is 0 Å². The minimum Gasteiger partial charge on any atom is -0.448 e. The highest BCUT2D eigenvalue weighted by Crippen LogP contribution is 2.26. The number of benzene rings is 3. The molecule has 0 radical (unpaired) electrons. The first-order valence-corrected chi connectivity index (χ1v) is 14.9. The van der Waals surface area contributed by atoms with Crippen LogP contribution >= 0.6 is 15.9 Å². The molecule has 0 aliphatic rings. The lowest BCUT2D eigenvalue weighted by molar-refractivity contribution is -0.385. The van der Waals surface area contributed by atoms with Gasteiger partial charge in [-0.2, -0.15) is 0 Å². The van der Waals surface area contributed by atoms with E-state index in [1.165, 1.54) is 36.6 Å². The Kier molecular flexibility index (Phi) is 12.2. The second-order valence-electron chi connectivity index (χ2n) is 10.2. The first kappa shape index (κ1) is 34.3. The maximum atomic E-state index is 11.1. The van der Waals surface area contributed by atoms with Gasteiger partial charge in [0.15, 0.2) is 17.6 Å². The summed E-state index contributed by atoms with van der Waals surface area (Å²) in [6, 6.07) is 19.6.